The molecular weight excluding hydrogens is 234 g/mol. The van der Waals surface area contributed by atoms with Crippen LogP contribution < -0.4 is 10.1 Å². The van der Waals surface area contributed by atoms with Gasteiger partial charge in [0.25, 0.3) is 0 Å². The standard InChI is InChI=1S/C17H25NO/c1-2-18-16-5-3-4-14(16)8-6-13-7-9-17-15(12-13)10-11-19-17/h7,9,12,14,16,18H,2-6,8,10-11H2,1H3. The van der Waals surface area contributed by atoms with Crippen molar-refractivity contribution in [3.05, 3.63) is 29.3 Å². The molecule has 1 N–H and O–H groups in total. The molecule has 0 saturated heterocycles. The first kappa shape index (κ1) is 13.0. The number of nitrogens with one attached hydrogen (secondary N) is 1. The van der Waals surface area contributed by atoms with Crippen LogP contribution in [0.15, 0.2) is 18.2 Å². The highest BCUT2D eigenvalue weighted by molar-refractivity contribution is 5.39. The van der Waals surface area contributed by atoms with Crippen LogP contribution in [0.25, 0.3) is 0 Å². The fraction of sp³-hybridized carbons (Fsp3) is 0.647. The number of benzene rings is 1. The molecule has 1 saturated carbocycles. The van der Waals surface area contributed by atoms with E-state index in [0.29, 0.717) is 0 Å². The summed E-state index contributed by atoms with van der Waals surface area (Å²) in [6, 6.07) is 7.54. The largest absolute Gasteiger partial charge is 0.493 e. The molecular formula is C17H25NO. The molecule has 2 atom stereocenters. The monoisotopic (exact) mass is 259 g/mol. The van der Waals surface area contributed by atoms with Crippen molar-refractivity contribution in [3.63, 3.8) is 0 Å². The Morgan fingerprint density at radius 2 is 2.26 bits per heavy atom. The Hall–Kier alpha value is -1.02. The minimum Gasteiger partial charge on any atom is -0.493 e. The smallest absolute Gasteiger partial charge is 0.122 e. The molecule has 1 aliphatic carbocycles. The molecule has 1 aromatic carbocycles. The maximum Gasteiger partial charge on any atom is 0.122 e. The lowest BCUT2D eigenvalue weighted by molar-refractivity contribution is 0.356. The minimum atomic E-state index is 0.766. The zero-order chi connectivity index (χ0) is 13.1. The van der Waals surface area contributed by atoms with Crippen molar-refractivity contribution in [2.45, 2.75) is 51.5 Å². The molecule has 3 rings (SSSR count). The second-order valence-corrected chi connectivity index (χ2v) is 5.93. The second kappa shape index (κ2) is 5.96. The van der Waals surface area contributed by atoms with Crippen LogP contribution in [-0.2, 0) is 12.8 Å². The van der Waals surface area contributed by atoms with Gasteiger partial charge in [-0.25, -0.2) is 0 Å². The van der Waals surface area contributed by atoms with E-state index in [0.717, 1.165) is 37.3 Å². The zero-order valence-corrected chi connectivity index (χ0v) is 12.0. The molecule has 0 amide bonds. The lowest BCUT2D eigenvalue weighted by Crippen LogP contribution is -2.32. The van der Waals surface area contributed by atoms with Crippen molar-refractivity contribution in [3.8, 4) is 5.75 Å². The van der Waals surface area contributed by atoms with Gasteiger partial charge < -0.3 is 10.1 Å². The number of ether oxygens (including phenoxy) is 1. The predicted octanol–water partition coefficient (Wildman–Crippen LogP) is 3.33. The van der Waals surface area contributed by atoms with Gasteiger partial charge in [-0.15, -0.1) is 0 Å². The van der Waals surface area contributed by atoms with Crippen LogP contribution in [0.5, 0.6) is 5.75 Å². The van der Waals surface area contributed by atoms with Gasteiger partial charge in [0.05, 0.1) is 6.61 Å². The number of hydrogen-bond acceptors (Lipinski definition) is 2. The van der Waals surface area contributed by atoms with E-state index in [9.17, 15) is 0 Å². The van der Waals surface area contributed by atoms with Gasteiger partial charge in [0.1, 0.15) is 5.75 Å². The average Bonchev–Trinajstić information content (AvgIpc) is 3.05. The zero-order valence-electron chi connectivity index (χ0n) is 12.0. The van der Waals surface area contributed by atoms with Gasteiger partial charge in [-0.05, 0) is 55.3 Å². The number of rotatable bonds is 5. The number of fused-ring (bicyclic) bond motifs is 1. The molecule has 2 nitrogen and oxygen atoms in total. The van der Waals surface area contributed by atoms with Crippen LogP contribution in [0.4, 0.5) is 0 Å². The molecule has 0 aromatic heterocycles. The van der Waals surface area contributed by atoms with E-state index in [-0.39, 0.29) is 0 Å². The molecule has 0 spiro atoms. The summed E-state index contributed by atoms with van der Waals surface area (Å²) in [7, 11) is 0. The van der Waals surface area contributed by atoms with Crippen LogP contribution in [-0.4, -0.2) is 19.2 Å². The van der Waals surface area contributed by atoms with Crippen LogP contribution >= 0.6 is 0 Å². The molecule has 0 bridgehead atoms. The summed E-state index contributed by atoms with van der Waals surface area (Å²) in [5, 5.41) is 3.65. The average molecular weight is 259 g/mol. The molecule has 19 heavy (non-hydrogen) atoms. The minimum absolute atomic E-state index is 0.766. The summed E-state index contributed by atoms with van der Waals surface area (Å²) < 4.78 is 5.57. The normalized spacial score (nSPS) is 25.3. The van der Waals surface area contributed by atoms with Crippen LogP contribution in [0.2, 0.25) is 0 Å². The van der Waals surface area contributed by atoms with Crippen LogP contribution in [0, 0.1) is 5.92 Å². The Balaban J connectivity index is 1.57. The molecule has 1 heterocycles. The van der Waals surface area contributed by atoms with E-state index in [4.69, 9.17) is 4.74 Å². The second-order valence-electron chi connectivity index (χ2n) is 5.93. The molecule has 1 aliphatic heterocycles. The summed E-state index contributed by atoms with van der Waals surface area (Å²) in [6.45, 7) is 4.19. The van der Waals surface area contributed by atoms with Gasteiger partial charge >= 0.3 is 0 Å². The third-order valence-corrected chi connectivity index (χ3v) is 4.68. The van der Waals surface area contributed by atoms with Crippen molar-refractivity contribution < 1.29 is 4.74 Å². The lowest BCUT2D eigenvalue weighted by atomic mass is 9.94. The maximum absolute atomic E-state index is 5.57. The third-order valence-electron chi connectivity index (χ3n) is 4.68. The van der Waals surface area contributed by atoms with Gasteiger partial charge in [0.15, 0.2) is 0 Å². The highest BCUT2D eigenvalue weighted by atomic mass is 16.5. The Labute approximate surface area is 116 Å². The number of hydrogen-bond donors (Lipinski definition) is 1. The molecule has 2 unspecified atom stereocenters. The number of aryl methyl sites for hydroxylation is 1. The van der Waals surface area contributed by atoms with Crippen LogP contribution in [0.3, 0.4) is 0 Å². The van der Waals surface area contributed by atoms with E-state index in [1.54, 1.807) is 0 Å². The van der Waals surface area contributed by atoms with Crippen molar-refractivity contribution >= 4 is 0 Å². The van der Waals surface area contributed by atoms with Crippen molar-refractivity contribution in [2.75, 3.05) is 13.2 Å². The van der Waals surface area contributed by atoms with E-state index in [2.05, 4.69) is 30.4 Å². The Kier molecular flexibility index (Phi) is 4.07. The molecule has 0 radical (unpaired) electrons. The SMILES string of the molecule is CCNC1CCCC1CCc1ccc2c(c1)CCO2. The topological polar surface area (TPSA) is 21.3 Å². The predicted molar refractivity (Wildman–Crippen MR) is 78.8 cm³/mol. The first-order chi connectivity index (χ1) is 9.36. The van der Waals surface area contributed by atoms with E-state index in [1.807, 2.05) is 0 Å². The Bertz CT molecular complexity index is 429. The van der Waals surface area contributed by atoms with Gasteiger partial charge in [-0.2, -0.15) is 0 Å². The summed E-state index contributed by atoms with van der Waals surface area (Å²) in [6.07, 6.45) is 7.83. The first-order valence-electron chi connectivity index (χ1n) is 7.85. The van der Waals surface area contributed by atoms with E-state index < -0.39 is 0 Å². The van der Waals surface area contributed by atoms with Gasteiger partial charge in [0.2, 0.25) is 0 Å². The molecule has 2 heteroatoms. The molecule has 1 fully saturated rings. The molecule has 2 aliphatic rings. The van der Waals surface area contributed by atoms with Crippen LogP contribution in [0.1, 0.15) is 43.7 Å². The lowest BCUT2D eigenvalue weighted by Gasteiger charge is -2.20. The van der Waals surface area contributed by atoms with E-state index in [1.165, 1.54) is 43.2 Å². The third kappa shape index (κ3) is 2.94. The van der Waals surface area contributed by atoms with Gasteiger partial charge in [0, 0.05) is 12.5 Å². The van der Waals surface area contributed by atoms with Crippen molar-refractivity contribution in [1.29, 1.82) is 0 Å². The molecule has 104 valence electrons. The van der Waals surface area contributed by atoms with Gasteiger partial charge in [-0.1, -0.05) is 25.5 Å². The summed E-state index contributed by atoms with van der Waals surface area (Å²) in [5.74, 6) is 1.99. The Morgan fingerprint density at radius 1 is 1.32 bits per heavy atom. The molecule has 1 aromatic rings. The quantitative estimate of drug-likeness (QED) is 0.875. The fourth-order valence-corrected chi connectivity index (χ4v) is 3.66. The Morgan fingerprint density at radius 3 is 3.16 bits per heavy atom. The fourth-order valence-electron chi connectivity index (χ4n) is 3.66. The van der Waals surface area contributed by atoms with Crippen molar-refractivity contribution in [2.24, 2.45) is 5.92 Å². The first-order valence-corrected chi connectivity index (χ1v) is 7.85. The van der Waals surface area contributed by atoms with E-state index >= 15 is 0 Å². The highest BCUT2D eigenvalue weighted by Crippen LogP contribution is 2.31. The van der Waals surface area contributed by atoms with Gasteiger partial charge in [-0.3, -0.25) is 0 Å². The maximum atomic E-state index is 5.57. The summed E-state index contributed by atoms with van der Waals surface area (Å²) >= 11 is 0. The highest BCUT2D eigenvalue weighted by Gasteiger charge is 2.25. The summed E-state index contributed by atoms with van der Waals surface area (Å²) in [5.41, 5.74) is 2.90. The van der Waals surface area contributed by atoms with Crippen molar-refractivity contribution in [1.82, 2.24) is 5.32 Å². The summed E-state index contributed by atoms with van der Waals surface area (Å²) in [4.78, 5) is 0.